The Labute approximate surface area is 159 Å². The maximum absolute atomic E-state index is 12.4. The molecular weight excluding hydrogens is 383 g/mol. The summed E-state index contributed by atoms with van der Waals surface area (Å²) in [6.07, 6.45) is -0.693. The Bertz CT molecular complexity index is 758. The summed E-state index contributed by atoms with van der Waals surface area (Å²) in [5.41, 5.74) is 0.396. The van der Waals surface area contributed by atoms with E-state index in [9.17, 15) is 19.5 Å². The van der Waals surface area contributed by atoms with Crippen molar-refractivity contribution in [2.75, 3.05) is 11.9 Å². The molecule has 0 bridgehead atoms. The van der Waals surface area contributed by atoms with Crippen LogP contribution in [-0.2, 0) is 9.59 Å². The Morgan fingerprint density at radius 3 is 2.77 bits per heavy atom. The van der Waals surface area contributed by atoms with Crippen LogP contribution in [0.1, 0.15) is 13.3 Å². The highest BCUT2D eigenvalue weighted by atomic mass is 35.5. The van der Waals surface area contributed by atoms with Crippen molar-refractivity contribution in [3.63, 3.8) is 0 Å². The van der Waals surface area contributed by atoms with Gasteiger partial charge in [0.25, 0.3) is 0 Å². The summed E-state index contributed by atoms with van der Waals surface area (Å²) in [6.45, 7) is 1.64. The number of hydrogen-bond acceptors (Lipinski definition) is 4. The Hall–Kier alpha value is -2.03. The standard InChI is InChI=1S/C16H18Cl2N4O4/c1-7(23)13-15(25)22-6-9(5-12(22)14(24)21-13)19-16(26)20-11-3-2-8(17)4-10(11)18/h2-4,7,9,12-13,23H,5-6H2,1H3,(H,21,24)(H2,19,20,26)/t7-,9+,12+,13+/m1/s1. The number of urea groups is 1. The van der Waals surface area contributed by atoms with Crippen molar-refractivity contribution in [2.24, 2.45) is 0 Å². The smallest absolute Gasteiger partial charge is 0.319 e. The summed E-state index contributed by atoms with van der Waals surface area (Å²) in [6, 6.07) is 2.17. The van der Waals surface area contributed by atoms with Gasteiger partial charge in [-0.3, -0.25) is 9.59 Å². The second kappa shape index (κ2) is 7.30. The molecular formula is C16H18Cl2N4O4. The number of nitrogens with one attached hydrogen (secondary N) is 3. The molecule has 4 N–H and O–H groups in total. The van der Waals surface area contributed by atoms with Gasteiger partial charge < -0.3 is 26.0 Å². The molecule has 2 aliphatic rings. The first-order valence-electron chi connectivity index (χ1n) is 8.07. The van der Waals surface area contributed by atoms with E-state index in [2.05, 4.69) is 16.0 Å². The molecule has 4 atom stereocenters. The Balaban J connectivity index is 1.63. The van der Waals surface area contributed by atoms with Gasteiger partial charge in [-0.05, 0) is 31.5 Å². The molecule has 0 radical (unpaired) electrons. The van der Waals surface area contributed by atoms with Crippen LogP contribution in [-0.4, -0.2) is 58.6 Å². The van der Waals surface area contributed by atoms with Gasteiger partial charge in [-0.2, -0.15) is 0 Å². The fourth-order valence-electron chi connectivity index (χ4n) is 3.18. The van der Waals surface area contributed by atoms with Gasteiger partial charge in [0.1, 0.15) is 12.1 Å². The van der Waals surface area contributed by atoms with E-state index in [1.807, 2.05) is 0 Å². The number of fused-ring (bicyclic) bond motifs is 1. The van der Waals surface area contributed by atoms with E-state index in [0.717, 1.165) is 0 Å². The lowest BCUT2D eigenvalue weighted by molar-refractivity contribution is -0.149. The van der Waals surface area contributed by atoms with E-state index < -0.39 is 30.3 Å². The van der Waals surface area contributed by atoms with Gasteiger partial charge in [0.15, 0.2) is 0 Å². The van der Waals surface area contributed by atoms with Crippen molar-refractivity contribution < 1.29 is 19.5 Å². The van der Waals surface area contributed by atoms with Gasteiger partial charge in [0, 0.05) is 11.6 Å². The molecule has 1 aromatic rings. The van der Waals surface area contributed by atoms with E-state index >= 15 is 0 Å². The molecule has 0 aromatic heterocycles. The Morgan fingerprint density at radius 1 is 1.38 bits per heavy atom. The SMILES string of the molecule is C[C@@H](O)[C@@H]1NC(=O)[C@@H]2C[C@H](NC(=O)Nc3ccc(Cl)cc3Cl)CN2C1=O. The van der Waals surface area contributed by atoms with Crippen molar-refractivity contribution in [2.45, 2.75) is 37.6 Å². The number of aliphatic hydroxyl groups excluding tert-OH is 1. The number of amides is 4. The van der Waals surface area contributed by atoms with Crippen molar-refractivity contribution >= 4 is 46.7 Å². The van der Waals surface area contributed by atoms with Crippen LogP contribution in [0.3, 0.4) is 0 Å². The number of rotatable bonds is 3. The third kappa shape index (κ3) is 3.72. The number of piperazine rings is 1. The Kier molecular flexibility index (Phi) is 5.27. The Morgan fingerprint density at radius 2 is 2.12 bits per heavy atom. The third-order valence-electron chi connectivity index (χ3n) is 4.45. The lowest BCUT2D eigenvalue weighted by atomic mass is 10.0. The van der Waals surface area contributed by atoms with Crippen molar-refractivity contribution in [3.8, 4) is 0 Å². The van der Waals surface area contributed by atoms with E-state index in [1.165, 1.54) is 17.9 Å². The van der Waals surface area contributed by atoms with Crippen LogP contribution in [0.4, 0.5) is 10.5 Å². The average molecular weight is 401 g/mol. The van der Waals surface area contributed by atoms with Gasteiger partial charge in [0.05, 0.1) is 22.9 Å². The van der Waals surface area contributed by atoms with Crippen LogP contribution in [0.25, 0.3) is 0 Å². The first-order valence-corrected chi connectivity index (χ1v) is 8.83. The fourth-order valence-corrected chi connectivity index (χ4v) is 3.64. The van der Waals surface area contributed by atoms with Gasteiger partial charge in [-0.15, -0.1) is 0 Å². The number of aliphatic hydroxyl groups is 1. The highest BCUT2D eigenvalue weighted by Crippen LogP contribution is 2.26. The lowest BCUT2D eigenvalue weighted by Gasteiger charge is -2.35. The summed E-state index contributed by atoms with van der Waals surface area (Å²) >= 11 is 11.8. The molecule has 2 heterocycles. The quantitative estimate of drug-likeness (QED) is 0.605. The average Bonchev–Trinajstić information content (AvgIpc) is 2.98. The number of benzene rings is 1. The second-order valence-corrected chi connectivity index (χ2v) is 7.23. The van der Waals surface area contributed by atoms with E-state index in [1.54, 1.807) is 12.1 Å². The van der Waals surface area contributed by atoms with Crippen LogP contribution in [0.2, 0.25) is 10.0 Å². The van der Waals surface area contributed by atoms with Crippen LogP contribution in [0.5, 0.6) is 0 Å². The third-order valence-corrected chi connectivity index (χ3v) is 5.00. The van der Waals surface area contributed by atoms with Gasteiger partial charge in [-0.1, -0.05) is 23.2 Å². The number of hydrogen-bond donors (Lipinski definition) is 4. The monoisotopic (exact) mass is 400 g/mol. The molecule has 140 valence electrons. The first kappa shape index (κ1) is 18.8. The minimum absolute atomic E-state index is 0.196. The molecule has 2 fully saturated rings. The molecule has 8 nitrogen and oxygen atoms in total. The fraction of sp³-hybridized carbons (Fsp3) is 0.438. The molecule has 2 saturated heterocycles. The highest BCUT2D eigenvalue weighted by molar-refractivity contribution is 6.36. The molecule has 2 aliphatic heterocycles. The number of carbonyl (C=O) groups excluding carboxylic acids is 3. The molecule has 10 heteroatoms. The molecule has 26 heavy (non-hydrogen) atoms. The van der Waals surface area contributed by atoms with Crippen molar-refractivity contribution in [1.29, 1.82) is 0 Å². The highest BCUT2D eigenvalue weighted by Gasteiger charge is 2.47. The van der Waals surface area contributed by atoms with Crippen molar-refractivity contribution in [1.82, 2.24) is 15.5 Å². The lowest BCUT2D eigenvalue weighted by Crippen LogP contribution is -2.64. The molecule has 1 aromatic carbocycles. The predicted octanol–water partition coefficient (Wildman–Crippen LogP) is 0.964. The maximum atomic E-state index is 12.4. The van der Waals surface area contributed by atoms with Crippen LogP contribution in [0, 0.1) is 0 Å². The molecule has 0 aliphatic carbocycles. The summed E-state index contributed by atoms with van der Waals surface area (Å²) in [7, 11) is 0. The topological polar surface area (TPSA) is 111 Å². The molecule has 0 spiro atoms. The molecule has 4 amide bonds. The van der Waals surface area contributed by atoms with Crippen LogP contribution in [0.15, 0.2) is 18.2 Å². The summed E-state index contributed by atoms with van der Waals surface area (Å²) in [5.74, 6) is -0.684. The van der Waals surface area contributed by atoms with Gasteiger partial charge in [0.2, 0.25) is 11.8 Å². The number of anilines is 1. The zero-order chi connectivity index (χ0) is 19.0. The predicted molar refractivity (Wildman–Crippen MR) is 96.1 cm³/mol. The number of nitrogens with zero attached hydrogens (tertiary/aromatic N) is 1. The summed E-state index contributed by atoms with van der Waals surface area (Å²) in [4.78, 5) is 38.1. The van der Waals surface area contributed by atoms with Gasteiger partial charge in [-0.25, -0.2) is 4.79 Å². The second-order valence-electron chi connectivity index (χ2n) is 6.39. The van der Waals surface area contributed by atoms with E-state index in [0.29, 0.717) is 22.2 Å². The minimum atomic E-state index is -0.991. The normalized spacial score (nSPS) is 26.2. The van der Waals surface area contributed by atoms with E-state index in [-0.39, 0.29) is 18.4 Å². The molecule has 0 saturated carbocycles. The van der Waals surface area contributed by atoms with Crippen molar-refractivity contribution in [3.05, 3.63) is 28.2 Å². The van der Waals surface area contributed by atoms with Gasteiger partial charge >= 0.3 is 6.03 Å². The minimum Gasteiger partial charge on any atom is -0.391 e. The molecule has 3 rings (SSSR count). The summed E-state index contributed by atoms with van der Waals surface area (Å²) < 4.78 is 0. The zero-order valence-electron chi connectivity index (χ0n) is 13.8. The molecule has 0 unspecified atom stereocenters. The summed E-state index contributed by atoms with van der Waals surface area (Å²) in [5, 5.41) is 18.3. The largest absolute Gasteiger partial charge is 0.391 e. The van der Waals surface area contributed by atoms with Crippen LogP contribution >= 0.6 is 23.2 Å². The number of carbonyl (C=O) groups is 3. The first-order chi connectivity index (χ1) is 12.3. The van der Waals surface area contributed by atoms with Crippen LogP contribution < -0.4 is 16.0 Å². The number of halogens is 2. The zero-order valence-corrected chi connectivity index (χ0v) is 15.3. The maximum Gasteiger partial charge on any atom is 0.319 e. The van der Waals surface area contributed by atoms with E-state index in [4.69, 9.17) is 23.2 Å².